The van der Waals surface area contributed by atoms with Crippen molar-refractivity contribution in [2.75, 3.05) is 47.0 Å². The number of likely N-dealkylation sites (tertiary alicyclic amines) is 1. The third kappa shape index (κ3) is 6.47. The summed E-state index contributed by atoms with van der Waals surface area (Å²) in [6, 6.07) is 5.37. The van der Waals surface area contributed by atoms with E-state index in [0.29, 0.717) is 30.2 Å². The first kappa shape index (κ1) is 21.7. The quantitative estimate of drug-likeness (QED) is 0.507. The molecule has 1 N–H and O–H groups in total. The van der Waals surface area contributed by atoms with Gasteiger partial charge in [0, 0.05) is 39.4 Å². The number of ether oxygens (including phenoxy) is 3. The molecule has 29 heavy (non-hydrogen) atoms. The molecular weight excluding hydrogens is 368 g/mol. The fraction of sp³-hybridized carbons (Fsp3) is 0.609. The molecule has 1 heterocycles. The minimum absolute atomic E-state index is 0.120. The van der Waals surface area contributed by atoms with Gasteiger partial charge in [-0.05, 0) is 50.2 Å². The first-order chi connectivity index (χ1) is 14.2. The van der Waals surface area contributed by atoms with E-state index in [-0.39, 0.29) is 12.0 Å². The molecule has 1 aromatic carbocycles. The maximum absolute atomic E-state index is 12.6. The second-order valence-corrected chi connectivity index (χ2v) is 7.88. The molecule has 1 atom stereocenters. The Bertz CT molecular complexity index is 683. The molecule has 0 bridgehead atoms. The van der Waals surface area contributed by atoms with Crippen LogP contribution in [0, 0.1) is 5.92 Å². The van der Waals surface area contributed by atoms with Crippen LogP contribution < -0.4 is 14.8 Å². The number of hydrogen-bond acceptors (Lipinski definition) is 5. The van der Waals surface area contributed by atoms with E-state index in [9.17, 15) is 4.79 Å². The summed E-state index contributed by atoms with van der Waals surface area (Å²) in [7, 11) is 3.24. The zero-order valence-electron chi connectivity index (χ0n) is 17.7. The first-order valence-electron chi connectivity index (χ1n) is 10.7. The molecule has 1 aliphatic heterocycles. The number of piperidine rings is 1. The molecule has 0 aromatic heterocycles. The SMILES string of the molecule is COCCNC(=O)c1ccc(OC)cc1OC1CCN(C[C@H]2CC=CCC2)CC1. The zero-order chi connectivity index (χ0) is 20.5. The van der Waals surface area contributed by atoms with Gasteiger partial charge >= 0.3 is 0 Å². The predicted octanol–water partition coefficient (Wildman–Crippen LogP) is 3.27. The summed E-state index contributed by atoms with van der Waals surface area (Å²) in [5, 5.41) is 2.87. The van der Waals surface area contributed by atoms with Gasteiger partial charge in [-0.2, -0.15) is 0 Å². The summed E-state index contributed by atoms with van der Waals surface area (Å²) in [5.41, 5.74) is 0.540. The normalized spacial score (nSPS) is 20.4. The average molecular weight is 403 g/mol. The second kappa shape index (κ2) is 11.2. The Morgan fingerprint density at radius 1 is 1.17 bits per heavy atom. The highest BCUT2D eigenvalue weighted by Gasteiger charge is 2.24. The smallest absolute Gasteiger partial charge is 0.255 e. The van der Waals surface area contributed by atoms with Crippen molar-refractivity contribution in [1.29, 1.82) is 0 Å². The highest BCUT2D eigenvalue weighted by molar-refractivity contribution is 5.97. The van der Waals surface area contributed by atoms with Gasteiger partial charge in [-0.15, -0.1) is 0 Å². The van der Waals surface area contributed by atoms with E-state index in [0.717, 1.165) is 31.8 Å². The van der Waals surface area contributed by atoms with Crippen molar-refractivity contribution in [2.45, 2.75) is 38.2 Å². The highest BCUT2D eigenvalue weighted by atomic mass is 16.5. The standard InChI is InChI=1S/C23H34N2O4/c1-27-15-12-24-23(26)21-9-8-20(28-2)16-22(21)29-19-10-13-25(14-11-19)17-18-6-4-3-5-7-18/h3-4,8-9,16,18-19H,5-7,10-15,17H2,1-2H3,(H,24,26)/t18-/m0/s1. The van der Waals surface area contributed by atoms with Gasteiger partial charge in [0.25, 0.3) is 5.91 Å². The molecule has 1 aromatic rings. The number of benzene rings is 1. The molecule has 0 spiro atoms. The van der Waals surface area contributed by atoms with Crippen molar-refractivity contribution in [3.63, 3.8) is 0 Å². The van der Waals surface area contributed by atoms with Crippen LogP contribution in [0.2, 0.25) is 0 Å². The Balaban J connectivity index is 1.56. The number of amides is 1. The van der Waals surface area contributed by atoms with Gasteiger partial charge in [0.1, 0.15) is 17.6 Å². The van der Waals surface area contributed by atoms with Crippen LogP contribution >= 0.6 is 0 Å². The molecule has 0 unspecified atom stereocenters. The maximum atomic E-state index is 12.6. The van der Waals surface area contributed by atoms with Crippen LogP contribution in [0.3, 0.4) is 0 Å². The van der Waals surface area contributed by atoms with Gasteiger partial charge in [-0.3, -0.25) is 4.79 Å². The Kier molecular flexibility index (Phi) is 8.38. The third-order valence-electron chi connectivity index (χ3n) is 5.75. The van der Waals surface area contributed by atoms with Crippen molar-refractivity contribution < 1.29 is 19.0 Å². The molecule has 1 amide bonds. The van der Waals surface area contributed by atoms with E-state index in [1.54, 1.807) is 26.4 Å². The second-order valence-electron chi connectivity index (χ2n) is 7.88. The minimum Gasteiger partial charge on any atom is -0.497 e. The van der Waals surface area contributed by atoms with E-state index in [1.807, 2.05) is 6.07 Å². The summed E-state index contributed by atoms with van der Waals surface area (Å²) in [5.74, 6) is 1.92. The van der Waals surface area contributed by atoms with E-state index in [1.165, 1.54) is 25.8 Å². The molecule has 6 nitrogen and oxygen atoms in total. The lowest BCUT2D eigenvalue weighted by Gasteiger charge is -2.35. The number of hydrogen-bond donors (Lipinski definition) is 1. The molecule has 0 radical (unpaired) electrons. The molecule has 0 saturated carbocycles. The lowest BCUT2D eigenvalue weighted by molar-refractivity contribution is 0.0849. The van der Waals surface area contributed by atoms with E-state index in [2.05, 4.69) is 22.4 Å². The molecular formula is C23H34N2O4. The number of allylic oxidation sites excluding steroid dienone is 2. The van der Waals surface area contributed by atoms with Crippen LogP contribution in [-0.2, 0) is 4.74 Å². The van der Waals surface area contributed by atoms with Crippen LogP contribution in [0.1, 0.15) is 42.5 Å². The van der Waals surface area contributed by atoms with E-state index >= 15 is 0 Å². The van der Waals surface area contributed by atoms with E-state index in [4.69, 9.17) is 14.2 Å². The van der Waals surface area contributed by atoms with Crippen molar-refractivity contribution in [3.05, 3.63) is 35.9 Å². The number of nitrogens with zero attached hydrogens (tertiary/aromatic N) is 1. The summed E-state index contributed by atoms with van der Waals surface area (Å²) >= 11 is 0. The Morgan fingerprint density at radius 2 is 2.00 bits per heavy atom. The predicted molar refractivity (Wildman–Crippen MR) is 114 cm³/mol. The summed E-state index contributed by atoms with van der Waals surface area (Å²) in [6.07, 6.45) is 10.4. The molecule has 1 fully saturated rings. The fourth-order valence-electron chi connectivity index (χ4n) is 4.05. The van der Waals surface area contributed by atoms with Crippen molar-refractivity contribution in [2.24, 2.45) is 5.92 Å². The van der Waals surface area contributed by atoms with Crippen molar-refractivity contribution >= 4 is 5.91 Å². The van der Waals surface area contributed by atoms with Gasteiger partial charge in [0.05, 0.1) is 19.3 Å². The van der Waals surface area contributed by atoms with Crippen LogP contribution in [0.25, 0.3) is 0 Å². The van der Waals surface area contributed by atoms with Gasteiger partial charge < -0.3 is 24.4 Å². The lowest BCUT2D eigenvalue weighted by Crippen LogP contribution is -2.41. The van der Waals surface area contributed by atoms with Crippen LogP contribution in [-0.4, -0.2) is 63.9 Å². The Hall–Kier alpha value is -2.05. The number of nitrogens with one attached hydrogen (secondary N) is 1. The third-order valence-corrected chi connectivity index (χ3v) is 5.75. The number of carbonyl (C=O) groups is 1. The number of rotatable bonds is 9. The molecule has 1 saturated heterocycles. The van der Waals surface area contributed by atoms with Crippen molar-refractivity contribution in [3.8, 4) is 11.5 Å². The average Bonchev–Trinajstić information content (AvgIpc) is 2.76. The Labute approximate surface area is 174 Å². The molecule has 160 valence electrons. The van der Waals surface area contributed by atoms with Gasteiger partial charge in [-0.1, -0.05) is 12.2 Å². The summed E-state index contributed by atoms with van der Waals surface area (Å²) < 4.78 is 16.6. The van der Waals surface area contributed by atoms with Crippen LogP contribution in [0.5, 0.6) is 11.5 Å². The number of methoxy groups -OCH3 is 2. The monoisotopic (exact) mass is 402 g/mol. The lowest BCUT2D eigenvalue weighted by atomic mass is 9.93. The first-order valence-corrected chi connectivity index (χ1v) is 10.7. The molecule has 2 aliphatic rings. The summed E-state index contributed by atoms with van der Waals surface area (Å²) in [6.45, 7) is 4.22. The highest BCUT2D eigenvalue weighted by Crippen LogP contribution is 2.28. The van der Waals surface area contributed by atoms with Crippen LogP contribution in [0.4, 0.5) is 0 Å². The van der Waals surface area contributed by atoms with Gasteiger partial charge in [-0.25, -0.2) is 0 Å². The fourth-order valence-corrected chi connectivity index (χ4v) is 4.05. The molecule has 3 rings (SSSR count). The van der Waals surface area contributed by atoms with Gasteiger partial charge in [0.15, 0.2) is 0 Å². The largest absolute Gasteiger partial charge is 0.497 e. The minimum atomic E-state index is -0.150. The van der Waals surface area contributed by atoms with Gasteiger partial charge in [0.2, 0.25) is 0 Å². The zero-order valence-corrected chi connectivity index (χ0v) is 17.7. The van der Waals surface area contributed by atoms with E-state index < -0.39 is 0 Å². The Morgan fingerprint density at radius 3 is 2.69 bits per heavy atom. The van der Waals surface area contributed by atoms with Crippen LogP contribution in [0.15, 0.2) is 30.4 Å². The molecule has 1 aliphatic carbocycles. The summed E-state index contributed by atoms with van der Waals surface area (Å²) in [4.78, 5) is 15.1. The molecule has 6 heteroatoms. The van der Waals surface area contributed by atoms with Crippen molar-refractivity contribution in [1.82, 2.24) is 10.2 Å². The number of carbonyl (C=O) groups excluding carboxylic acids is 1. The topological polar surface area (TPSA) is 60.0 Å². The maximum Gasteiger partial charge on any atom is 0.255 e.